The molecule has 6 nitrogen and oxygen atoms in total. The lowest BCUT2D eigenvalue weighted by Crippen LogP contribution is -2.25. The molecule has 0 aliphatic carbocycles. The van der Waals surface area contributed by atoms with Crippen molar-refractivity contribution in [1.82, 2.24) is 19.9 Å². The summed E-state index contributed by atoms with van der Waals surface area (Å²) in [5, 5.41) is 4.58. The van der Waals surface area contributed by atoms with Crippen LogP contribution in [0.25, 0.3) is 0 Å². The molecule has 1 aromatic carbocycles. The fourth-order valence-corrected chi connectivity index (χ4v) is 4.03. The molecule has 0 aliphatic heterocycles. The van der Waals surface area contributed by atoms with Crippen molar-refractivity contribution in [3.63, 3.8) is 0 Å². The van der Waals surface area contributed by atoms with Crippen LogP contribution in [-0.4, -0.2) is 33.5 Å². The highest BCUT2D eigenvalue weighted by atomic mass is 35.5. The predicted molar refractivity (Wildman–Crippen MR) is 123 cm³/mol. The summed E-state index contributed by atoms with van der Waals surface area (Å²) in [6.45, 7) is 7.39. The third-order valence-corrected chi connectivity index (χ3v) is 6.15. The van der Waals surface area contributed by atoms with Crippen molar-refractivity contribution in [2.24, 2.45) is 5.92 Å². The summed E-state index contributed by atoms with van der Waals surface area (Å²) in [6, 6.07) is 7.86. The molecule has 0 saturated carbocycles. The topological polar surface area (TPSA) is 63.1 Å². The summed E-state index contributed by atoms with van der Waals surface area (Å²) in [5.41, 5.74) is 1.06. The number of aromatic nitrogens is 3. The quantitative estimate of drug-likeness (QED) is 0.428. The van der Waals surface area contributed by atoms with Crippen LogP contribution in [-0.2, 0) is 13.1 Å². The fraction of sp³-hybridized carbons (Fsp3) is 0.409. The molecule has 2 aromatic heterocycles. The highest BCUT2D eigenvalue weighted by Gasteiger charge is 2.17. The third-order valence-electron chi connectivity index (χ3n) is 4.72. The Labute approximate surface area is 186 Å². The number of nitrogens with one attached hydrogen (secondary N) is 1. The van der Waals surface area contributed by atoms with E-state index in [0.29, 0.717) is 23.9 Å². The number of anilines is 1. The predicted octanol–water partition coefficient (Wildman–Crippen LogP) is 4.87. The van der Waals surface area contributed by atoms with Crippen molar-refractivity contribution >= 4 is 34.0 Å². The first-order valence-corrected chi connectivity index (χ1v) is 11.4. The minimum atomic E-state index is -0.0778. The summed E-state index contributed by atoms with van der Waals surface area (Å²) in [5.74, 6) is 0.503. The van der Waals surface area contributed by atoms with Crippen LogP contribution in [0.4, 0.5) is 5.13 Å². The first-order valence-electron chi connectivity index (χ1n) is 10.2. The maximum absolute atomic E-state index is 12.5. The Morgan fingerprint density at radius 1 is 1.33 bits per heavy atom. The number of hydrogen-bond donors (Lipinski definition) is 1. The Bertz CT molecular complexity index is 925. The highest BCUT2D eigenvalue weighted by Crippen LogP contribution is 2.27. The Morgan fingerprint density at radius 3 is 2.90 bits per heavy atom. The molecule has 0 atom stereocenters. The Morgan fingerprint density at radius 2 is 2.17 bits per heavy atom. The van der Waals surface area contributed by atoms with Gasteiger partial charge in [0, 0.05) is 43.6 Å². The van der Waals surface area contributed by atoms with Gasteiger partial charge in [-0.3, -0.25) is 4.79 Å². The van der Waals surface area contributed by atoms with Gasteiger partial charge in [-0.25, -0.2) is 9.97 Å². The van der Waals surface area contributed by atoms with Crippen LogP contribution >= 0.6 is 22.9 Å². The monoisotopic (exact) mass is 445 g/mol. The summed E-state index contributed by atoms with van der Waals surface area (Å²) >= 11 is 7.79. The summed E-state index contributed by atoms with van der Waals surface area (Å²) in [6.07, 6.45) is 9.01. The number of carbonyl (C=O) groups is 1. The highest BCUT2D eigenvalue weighted by molar-refractivity contribution is 7.17. The third kappa shape index (κ3) is 6.57. The molecule has 0 saturated heterocycles. The first kappa shape index (κ1) is 22.3. The minimum Gasteiger partial charge on any atom is -0.351 e. The van der Waals surface area contributed by atoms with Gasteiger partial charge < -0.3 is 14.8 Å². The van der Waals surface area contributed by atoms with Crippen molar-refractivity contribution in [3.05, 3.63) is 64.6 Å². The Kier molecular flexibility index (Phi) is 8.28. The van der Waals surface area contributed by atoms with Crippen molar-refractivity contribution in [2.75, 3.05) is 18.0 Å². The van der Waals surface area contributed by atoms with Gasteiger partial charge in [0.2, 0.25) is 0 Å². The molecule has 2 heterocycles. The Balaban J connectivity index is 1.60. The molecule has 1 N–H and O–H groups in total. The largest absolute Gasteiger partial charge is 0.351 e. The smallest absolute Gasteiger partial charge is 0.263 e. The second-order valence-electron chi connectivity index (χ2n) is 7.61. The molecule has 3 rings (SSSR count). The number of halogens is 1. The van der Waals surface area contributed by atoms with Crippen LogP contribution in [0.5, 0.6) is 0 Å². The van der Waals surface area contributed by atoms with Gasteiger partial charge in [0.1, 0.15) is 4.88 Å². The molecular weight excluding hydrogens is 418 g/mol. The van der Waals surface area contributed by atoms with E-state index >= 15 is 0 Å². The van der Waals surface area contributed by atoms with E-state index in [1.807, 2.05) is 35.0 Å². The number of amides is 1. The van der Waals surface area contributed by atoms with Gasteiger partial charge in [-0.05, 0) is 30.4 Å². The van der Waals surface area contributed by atoms with Crippen molar-refractivity contribution < 1.29 is 4.79 Å². The second-order valence-corrected chi connectivity index (χ2v) is 9.03. The summed E-state index contributed by atoms with van der Waals surface area (Å²) < 4.78 is 2.00. The number of benzene rings is 1. The van der Waals surface area contributed by atoms with Crippen LogP contribution in [0.2, 0.25) is 5.02 Å². The van der Waals surface area contributed by atoms with Gasteiger partial charge in [0.25, 0.3) is 5.91 Å². The first-order chi connectivity index (χ1) is 14.5. The lowest BCUT2D eigenvalue weighted by Gasteiger charge is -2.23. The SMILES string of the molecule is CC(C)CCN(Cc1ccccc1Cl)c1ncc(C(=O)NCCCn2ccnc2)s1. The number of thiazole rings is 1. The van der Waals surface area contributed by atoms with Gasteiger partial charge in [-0.1, -0.05) is 55.0 Å². The average molecular weight is 446 g/mol. The number of hydrogen-bond acceptors (Lipinski definition) is 5. The van der Waals surface area contributed by atoms with E-state index in [2.05, 4.69) is 34.0 Å². The van der Waals surface area contributed by atoms with Gasteiger partial charge in [0.05, 0.1) is 12.5 Å². The number of rotatable bonds is 11. The van der Waals surface area contributed by atoms with Crippen molar-refractivity contribution in [2.45, 2.75) is 39.8 Å². The lowest BCUT2D eigenvalue weighted by atomic mass is 10.1. The molecule has 1 amide bonds. The van der Waals surface area contributed by atoms with Crippen LogP contribution < -0.4 is 10.2 Å². The number of carbonyl (C=O) groups excluding carboxylic acids is 1. The van der Waals surface area contributed by atoms with Gasteiger partial charge in [-0.2, -0.15) is 0 Å². The van der Waals surface area contributed by atoms with Crippen LogP contribution in [0.15, 0.2) is 49.2 Å². The number of nitrogens with zero attached hydrogens (tertiary/aromatic N) is 4. The minimum absolute atomic E-state index is 0.0778. The Hall–Kier alpha value is -2.38. The van der Waals surface area contributed by atoms with Crippen molar-refractivity contribution in [1.29, 1.82) is 0 Å². The maximum Gasteiger partial charge on any atom is 0.263 e. The zero-order chi connectivity index (χ0) is 21.3. The zero-order valence-corrected chi connectivity index (χ0v) is 19.0. The molecule has 160 valence electrons. The molecule has 0 spiro atoms. The standard InChI is InChI=1S/C22H28ClN5OS/c1-17(2)8-12-28(15-18-6-3-4-7-19(18)23)22-26-14-20(30-22)21(29)25-9-5-11-27-13-10-24-16-27/h3-4,6-7,10,13-14,16-17H,5,8-9,11-12,15H2,1-2H3,(H,25,29). The second kappa shape index (κ2) is 11.1. The normalized spacial score (nSPS) is 11.1. The molecule has 0 radical (unpaired) electrons. The molecule has 3 aromatic rings. The van der Waals surface area contributed by atoms with Gasteiger partial charge in [-0.15, -0.1) is 0 Å². The van der Waals surface area contributed by atoms with Crippen LogP contribution in [0, 0.1) is 5.92 Å². The number of imidazole rings is 1. The van der Waals surface area contributed by atoms with Gasteiger partial charge >= 0.3 is 0 Å². The zero-order valence-electron chi connectivity index (χ0n) is 17.4. The maximum atomic E-state index is 12.5. The molecular formula is C22H28ClN5OS. The van der Waals surface area contributed by atoms with Crippen LogP contribution in [0.3, 0.4) is 0 Å². The van der Waals surface area contributed by atoms with Gasteiger partial charge in [0.15, 0.2) is 5.13 Å². The molecule has 0 fully saturated rings. The summed E-state index contributed by atoms with van der Waals surface area (Å²) in [7, 11) is 0. The van der Waals surface area contributed by atoms with E-state index in [1.165, 1.54) is 11.3 Å². The van der Waals surface area contributed by atoms with E-state index in [0.717, 1.165) is 41.6 Å². The fourth-order valence-electron chi connectivity index (χ4n) is 2.97. The van der Waals surface area contributed by atoms with E-state index in [9.17, 15) is 4.79 Å². The molecule has 0 unspecified atom stereocenters. The number of aryl methyl sites for hydroxylation is 1. The van der Waals surface area contributed by atoms with E-state index in [1.54, 1.807) is 18.7 Å². The average Bonchev–Trinajstić information content (AvgIpc) is 3.42. The molecule has 8 heteroatoms. The lowest BCUT2D eigenvalue weighted by molar-refractivity contribution is 0.0956. The van der Waals surface area contributed by atoms with Crippen LogP contribution in [0.1, 0.15) is 41.9 Å². The molecule has 0 bridgehead atoms. The van der Waals surface area contributed by atoms with Crippen molar-refractivity contribution in [3.8, 4) is 0 Å². The van der Waals surface area contributed by atoms with E-state index < -0.39 is 0 Å². The molecule has 0 aliphatic rings. The van der Waals surface area contributed by atoms with E-state index in [-0.39, 0.29) is 5.91 Å². The summed E-state index contributed by atoms with van der Waals surface area (Å²) in [4.78, 5) is 23.9. The van der Waals surface area contributed by atoms with E-state index in [4.69, 9.17) is 11.6 Å². The molecule has 30 heavy (non-hydrogen) atoms.